The van der Waals surface area contributed by atoms with E-state index in [9.17, 15) is 10.1 Å². The summed E-state index contributed by atoms with van der Waals surface area (Å²) in [6.45, 7) is 10.9. The third-order valence-electron chi connectivity index (χ3n) is 7.51. The minimum atomic E-state index is -0.279. The highest BCUT2D eigenvalue weighted by Crippen LogP contribution is 2.37. The Balaban J connectivity index is 1.76. The van der Waals surface area contributed by atoms with Gasteiger partial charge in [0.25, 0.3) is 5.91 Å². The van der Waals surface area contributed by atoms with E-state index < -0.39 is 0 Å². The first kappa shape index (κ1) is 28.1. The van der Waals surface area contributed by atoms with E-state index in [2.05, 4.69) is 47.0 Å². The quantitative estimate of drug-likeness (QED) is 0.367. The summed E-state index contributed by atoms with van der Waals surface area (Å²) in [6, 6.07) is 9.89. The fraction of sp³-hybridized carbons (Fsp3) is 0.419. The Bertz CT molecular complexity index is 1400. The van der Waals surface area contributed by atoms with Crippen LogP contribution in [-0.2, 0) is 12.8 Å². The molecule has 2 aromatic heterocycles. The van der Waals surface area contributed by atoms with Crippen molar-refractivity contribution in [3.8, 4) is 28.8 Å². The first-order valence-corrected chi connectivity index (χ1v) is 13.5. The van der Waals surface area contributed by atoms with E-state index in [0.29, 0.717) is 42.5 Å². The number of benzene rings is 1. The number of fused-ring (bicyclic) bond motifs is 1. The molecule has 8 heteroatoms. The molecule has 3 heterocycles. The van der Waals surface area contributed by atoms with Crippen molar-refractivity contribution in [2.24, 2.45) is 0 Å². The first-order valence-electron chi connectivity index (χ1n) is 13.5. The van der Waals surface area contributed by atoms with Gasteiger partial charge in [0.15, 0.2) is 0 Å². The number of amides is 1. The second-order valence-corrected chi connectivity index (χ2v) is 9.93. The van der Waals surface area contributed by atoms with Gasteiger partial charge in [-0.25, -0.2) is 4.98 Å². The maximum atomic E-state index is 14.1. The van der Waals surface area contributed by atoms with Crippen LogP contribution in [0.15, 0.2) is 36.7 Å². The van der Waals surface area contributed by atoms with Crippen molar-refractivity contribution in [3.63, 3.8) is 0 Å². The molecule has 3 aromatic rings. The number of nitrogens with zero attached hydrogens (tertiary/aromatic N) is 5. The number of hydrogen-bond donors (Lipinski definition) is 0. The predicted octanol–water partition coefficient (Wildman–Crippen LogP) is 4.98. The molecule has 8 nitrogen and oxygen atoms in total. The zero-order valence-electron chi connectivity index (χ0n) is 23.7. The Morgan fingerprint density at radius 2 is 1.90 bits per heavy atom. The van der Waals surface area contributed by atoms with Crippen LogP contribution in [-0.4, -0.2) is 66.1 Å². The number of aromatic nitrogens is 2. The van der Waals surface area contributed by atoms with E-state index in [4.69, 9.17) is 9.47 Å². The van der Waals surface area contributed by atoms with E-state index in [-0.39, 0.29) is 11.9 Å². The number of hydrogen-bond acceptors (Lipinski definition) is 7. The number of likely N-dealkylation sites (N-methyl/N-ethyl adjacent to an activating group) is 1. The standard InChI is InChI=1S/C31H37N5O3/c1-7-35(5)11-9-22-13-26(25-15-30(38-6)34-18-20(25)3)24-10-12-36(31(37)27(24)14-22)21(4)28-16-29(39-8-2)23(17-32)19-33-28/h13-16,18-19,21H,7-12H2,1-6H3. The smallest absolute Gasteiger partial charge is 0.254 e. The van der Waals surface area contributed by atoms with Gasteiger partial charge in [0.1, 0.15) is 17.4 Å². The van der Waals surface area contributed by atoms with Gasteiger partial charge in [0.05, 0.1) is 25.5 Å². The Kier molecular flexibility index (Phi) is 8.82. The number of carbonyl (C=O) groups excluding carboxylic acids is 1. The van der Waals surface area contributed by atoms with Crippen molar-refractivity contribution < 1.29 is 14.3 Å². The average Bonchev–Trinajstić information content (AvgIpc) is 2.96. The van der Waals surface area contributed by atoms with Gasteiger partial charge in [-0.1, -0.05) is 13.0 Å². The molecule has 0 spiro atoms. The van der Waals surface area contributed by atoms with E-state index in [1.165, 1.54) is 6.20 Å². The van der Waals surface area contributed by atoms with Crippen molar-refractivity contribution >= 4 is 5.91 Å². The topological polar surface area (TPSA) is 91.6 Å². The van der Waals surface area contributed by atoms with Crippen molar-refractivity contribution in [3.05, 3.63) is 70.2 Å². The zero-order chi connectivity index (χ0) is 28.1. The minimum Gasteiger partial charge on any atom is -0.492 e. The van der Waals surface area contributed by atoms with Crippen LogP contribution in [0, 0.1) is 18.3 Å². The molecule has 1 amide bonds. The summed E-state index contributed by atoms with van der Waals surface area (Å²) in [7, 11) is 3.72. The highest BCUT2D eigenvalue weighted by Gasteiger charge is 2.32. The summed E-state index contributed by atoms with van der Waals surface area (Å²) in [5.74, 6) is 1.03. The predicted molar refractivity (Wildman–Crippen MR) is 151 cm³/mol. The van der Waals surface area contributed by atoms with Crippen molar-refractivity contribution in [2.45, 2.75) is 46.6 Å². The van der Waals surface area contributed by atoms with Gasteiger partial charge in [0, 0.05) is 43.2 Å². The van der Waals surface area contributed by atoms with Gasteiger partial charge >= 0.3 is 0 Å². The minimum absolute atomic E-state index is 0.0153. The molecule has 204 valence electrons. The largest absolute Gasteiger partial charge is 0.492 e. The second-order valence-electron chi connectivity index (χ2n) is 9.93. The Morgan fingerprint density at radius 3 is 2.59 bits per heavy atom. The van der Waals surface area contributed by atoms with E-state index in [1.54, 1.807) is 13.2 Å². The molecule has 4 rings (SSSR count). The van der Waals surface area contributed by atoms with Crippen LogP contribution in [0.5, 0.6) is 11.6 Å². The summed E-state index contributed by atoms with van der Waals surface area (Å²) in [5.41, 5.74) is 7.13. The highest BCUT2D eigenvalue weighted by molar-refractivity contribution is 5.99. The SMILES string of the molecule is CCOc1cc(C(C)N2CCc3c(cc(CCN(C)CC)cc3-c3cc(OC)ncc3C)C2=O)ncc1C#N. The number of rotatable bonds is 10. The van der Waals surface area contributed by atoms with Crippen LogP contribution < -0.4 is 9.47 Å². The number of methoxy groups -OCH3 is 1. The molecule has 1 aromatic carbocycles. The lowest BCUT2D eigenvalue weighted by atomic mass is 9.86. The van der Waals surface area contributed by atoms with Gasteiger partial charge < -0.3 is 19.3 Å². The maximum Gasteiger partial charge on any atom is 0.254 e. The van der Waals surface area contributed by atoms with Gasteiger partial charge in [-0.15, -0.1) is 0 Å². The number of nitriles is 1. The summed E-state index contributed by atoms with van der Waals surface area (Å²) in [6.07, 6.45) is 4.90. The summed E-state index contributed by atoms with van der Waals surface area (Å²) < 4.78 is 11.1. The Hall–Kier alpha value is -3.96. The van der Waals surface area contributed by atoms with Crippen LogP contribution in [0.4, 0.5) is 0 Å². The fourth-order valence-electron chi connectivity index (χ4n) is 5.02. The third-order valence-corrected chi connectivity index (χ3v) is 7.51. The Labute approximate surface area is 231 Å². The molecule has 1 unspecified atom stereocenters. The van der Waals surface area contributed by atoms with Crippen LogP contribution in [0.1, 0.15) is 65.1 Å². The molecule has 0 bridgehead atoms. The maximum absolute atomic E-state index is 14.1. The summed E-state index contributed by atoms with van der Waals surface area (Å²) in [5, 5.41) is 9.42. The van der Waals surface area contributed by atoms with Crippen LogP contribution in [0.3, 0.4) is 0 Å². The lowest BCUT2D eigenvalue weighted by molar-refractivity contribution is 0.0669. The van der Waals surface area contributed by atoms with Gasteiger partial charge in [-0.2, -0.15) is 5.26 Å². The molecule has 0 N–H and O–H groups in total. The van der Waals surface area contributed by atoms with Crippen molar-refractivity contribution in [2.75, 3.05) is 40.4 Å². The van der Waals surface area contributed by atoms with Gasteiger partial charge in [-0.3, -0.25) is 9.78 Å². The number of ether oxygens (including phenoxy) is 2. The average molecular weight is 528 g/mol. The molecule has 0 radical (unpaired) electrons. The van der Waals surface area contributed by atoms with Gasteiger partial charge in [-0.05, 0) is 81.1 Å². The molecular weight excluding hydrogens is 490 g/mol. The van der Waals surface area contributed by atoms with E-state index in [1.807, 2.05) is 37.9 Å². The van der Waals surface area contributed by atoms with Crippen molar-refractivity contribution in [1.82, 2.24) is 19.8 Å². The van der Waals surface area contributed by atoms with Crippen LogP contribution in [0.25, 0.3) is 11.1 Å². The molecular formula is C31H37N5O3. The summed E-state index contributed by atoms with van der Waals surface area (Å²) in [4.78, 5) is 27.1. The van der Waals surface area contributed by atoms with Crippen molar-refractivity contribution in [1.29, 1.82) is 5.26 Å². The molecule has 39 heavy (non-hydrogen) atoms. The molecule has 1 aliphatic rings. The van der Waals surface area contributed by atoms with E-state index in [0.717, 1.165) is 52.9 Å². The molecule has 0 saturated carbocycles. The fourth-order valence-corrected chi connectivity index (χ4v) is 5.02. The number of pyridine rings is 2. The molecule has 0 fully saturated rings. The lowest BCUT2D eigenvalue weighted by Crippen LogP contribution is -2.40. The molecule has 1 aliphatic heterocycles. The molecule has 0 aliphatic carbocycles. The number of carbonyl (C=O) groups is 1. The monoisotopic (exact) mass is 527 g/mol. The molecule has 0 saturated heterocycles. The third kappa shape index (κ3) is 5.89. The Morgan fingerprint density at radius 1 is 1.13 bits per heavy atom. The molecule has 1 atom stereocenters. The normalized spacial score (nSPS) is 13.7. The zero-order valence-corrected chi connectivity index (χ0v) is 23.7. The highest BCUT2D eigenvalue weighted by atomic mass is 16.5. The van der Waals surface area contributed by atoms with Crippen LogP contribution >= 0.6 is 0 Å². The number of aryl methyl sites for hydroxylation is 1. The van der Waals surface area contributed by atoms with Crippen LogP contribution in [0.2, 0.25) is 0 Å². The van der Waals surface area contributed by atoms with Gasteiger partial charge in [0.2, 0.25) is 5.88 Å². The summed E-state index contributed by atoms with van der Waals surface area (Å²) >= 11 is 0. The lowest BCUT2D eigenvalue weighted by Gasteiger charge is -2.35. The van der Waals surface area contributed by atoms with E-state index >= 15 is 0 Å². The second kappa shape index (κ2) is 12.3. The first-order chi connectivity index (χ1) is 18.8.